The van der Waals surface area contributed by atoms with Gasteiger partial charge in [-0.2, -0.15) is 0 Å². The highest BCUT2D eigenvalue weighted by molar-refractivity contribution is 5.94. The lowest BCUT2D eigenvalue weighted by Crippen LogP contribution is -2.58. The molecule has 2 aromatic heterocycles. The van der Waals surface area contributed by atoms with Gasteiger partial charge in [0.15, 0.2) is 0 Å². The van der Waals surface area contributed by atoms with Gasteiger partial charge in [-0.15, -0.1) is 0 Å². The highest BCUT2D eigenvalue weighted by atomic mass is 16.4. The van der Waals surface area contributed by atoms with Crippen molar-refractivity contribution in [2.45, 2.75) is 56.3 Å². The zero-order valence-electron chi connectivity index (χ0n) is 22.1. The molecule has 0 bridgehead atoms. The zero-order chi connectivity index (χ0) is 29.8. The number of benzene rings is 1. The molecule has 4 atom stereocenters. The maximum Gasteiger partial charge on any atom is 0.326 e. The van der Waals surface area contributed by atoms with Crippen molar-refractivity contribution in [2.24, 2.45) is 11.5 Å². The Balaban J connectivity index is 1.76. The van der Waals surface area contributed by atoms with Gasteiger partial charge in [-0.25, -0.2) is 14.8 Å². The van der Waals surface area contributed by atoms with Crippen LogP contribution >= 0.6 is 0 Å². The van der Waals surface area contributed by atoms with E-state index in [9.17, 15) is 29.1 Å². The molecule has 0 aliphatic carbocycles. The van der Waals surface area contributed by atoms with Crippen LogP contribution in [0.2, 0.25) is 0 Å². The third-order valence-electron chi connectivity index (χ3n) is 6.15. The van der Waals surface area contributed by atoms with Gasteiger partial charge in [0, 0.05) is 43.0 Å². The molecule has 41 heavy (non-hydrogen) atoms. The van der Waals surface area contributed by atoms with Gasteiger partial charge in [0.1, 0.15) is 18.1 Å². The van der Waals surface area contributed by atoms with Crippen LogP contribution in [-0.2, 0) is 43.2 Å². The number of aliphatic carboxylic acids is 1. The molecule has 4 unspecified atom stereocenters. The highest BCUT2D eigenvalue weighted by Gasteiger charge is 2.31. The fourth-order valence-electron chi connectivity index (χ4n) is 3.98. The number of nitrogens with one attached hydrogen (secondary N) is 5. The quantitative estimate of drug-likeness (QED) is 0.0979. The molecule has 0 spiro atoms. The Bertz CT molecular complexity index is 1300. The van der Waals surface area contributed by atoms with Crippen LogP contribution in [-0.4, -0.2) is 78.8 Å². The number of carbonyl (C=O) groups excluding carboxylic acids is 4. The van der Waals surface area contributed by atoms with E-state index in [1.807, 2.05) is 30.3 Å². The molecule has 0 aliphatic rings. The van der Waals surface area contributed by atoms with Crippen molar-refractivity contribution in [3.8, 4) is 0 Å². The lowest BCUT2D eigenvalue weighted by molar-refractivity contribution is -0.142. The molecule has 15 nitrogen and oxygen atoms in total. The van der Waals surface area contributed by atoms with Gasteiger partial charge in [-0.1, -0.05) is 30.3 Å². The van der Waals surface area contributed by atoms with Crippen molar-refractivity contribution in [1.29, 1.82) is 0 Å². The summed E-state index contributed by atoms with van der Waals surface area (Å²) in [6.07, 6.45) is 5.39. The van der Waals surface area contributed by atoms with Gasteiger partial charge < -0.3 is 42.5 Å². The van der Waals surface area contributed by atoms with Gasteiger partial charge in [0.05, 0.1) is 18.7 Å². The van der Waals surface area contributed by atoms with Crippen LogP contribution in [0.1, 0.15) is 29.8 Å². The summed E-state index contributed by atoms with van der Waals surface area (Å²) in [7, 11) is 0. The third kappa shape index (κ3) is 9.89. The number of amides is 4. The first kappa shape index (κ1) is 30.5. The second kappa shape index (κ2) is 14.9. The standard InChI is InChI=1S/C26H33N9O6/c27-18(8-15-4-2-1-3-5-15)23(37)34-20(9-16-11-29-13-31-16)25(39)35-21(10-17-12-30-14-32-17)24(38)33-19(26(40)41)6-7-22(28)36/h1-5,11-14,18-21H,6-10,27H2,(H2,28,36)(H,29,31)(H,30,32)(H,33,38)(H,34,37)(H,35,39)(H,40,41). The summed E-state index contributed by atoms with van der Waals surface area (Å²) in [4.78, 5) is 76.0. The van der Waals surface area contributed by atoms with Gasteiger partial charge in [-0.3, -0.25) is 19.2 Å². The van der Waals surface area contributed by atoms with E-state index in [0.29, 0.717) is 11.4 Å². The number of aromatic nitrogens is 4. The fraction of sp³-hybridized carbons (Fsp3) is 0.346. The van der Waals surface area contributed by atoms with E-state index in [4.69, 9.17) is 11.5 Å². The highest BCUT2D eigenvalue weighted by Crippen LogP contribution is 2.07. The number of rotatable bonds is 16. The van der Waals surface area contributed by atoms with E-state index in [0.717, 1.165) is 5.56 Å². The van der Waals surface area contributed by atoms with E-state index < -0.39 is 53.8 Å². The summed E-state index contributed by atoms with van der Waals surface area (Å²) < 4.78 is 0. The number of primary amides is 1. The maximum absolute atomic E-state index is 13.5. The minimum atomic E-state index is -1.42. The molecule has 218 valence electrons. The van der Waals surface area contributed by atoms with Gasteiger partial charge in [-0.05, 0) is 18.4 Å². The first-order valence-corrected chi connectivity index (χ1v) is 12.8. The molecule has 0 fully saturated rings. The Kier molecular flexibility index (Phi) is 11.1. The predicted molar refractivity (Wildman–Crippen MR) is 145 cm³/mol. The van der Waals surface area contributed by atoms with E-state index in [1.165, 1.54) is 25.0 Å². The summed E-state index contributed by atoms with van der Waals surface area (Å²) in [5.41, 5.74) is 13.1. The molecule has 1 aromatic carbocycles. The lowest BCUT2D eigenvalue weighted by Gasteiger charge is -2.25. The minimum Gasteiger partial charge on any atom is -0.480 e. The van der Waals surface area contributed by atoms with Gasteiger partial charge in [0.2, 0.25) is 23.6 Å². The number of H-pyrrole nitrogens is 2. The van der Waals surface area contributed by atoms with Crippen LogP contribution in [0.15, 0.2) is 55.4 Å². The Labute approximate surface area is 234 Å². The molecule has 2 heterocycles. The Morgan fingerprint density at radius 2 is 1.29 bits per heavy atom. The largest absolute Gasteiger partial charge is 0.480 e. The van der Waals surface area contributed by atoms with Crippen LogP contribution in [0.4, 0.5) is 0 Å². The van der Waals surface area contributed by atoms with Crippen molar-refractivity contribution in [3.63, 3.8) is 0 Å². The predicted octanol–water partition coefficient (Wildman–Crippen LogP) is -1.71. The normalized spacial score (nSPS) is 13.8. The molecule has 0 radical (unpaired) electrons. The number of carboxylic acids is 1. The van der Waals surface area contributed by atoms with Crippen LogP contribution in [0, 0.1) is 0 Å². The first-order chi connectivity index (χ1) is 19.6. The van der Waals surface area contributed by atoms with Crippen molar-refractivity contribution in [3.05, 3.63) is 72.3 Å². The first-order valence-electron chi connectivity index (χ1n) is 12.8. The number of nitrogens with two attached hydrogens (primary N) is 2. The Morgan fingerprint density at radius 3 is 1.76 bits per heavy atom. The molecule has 0 saturated heterocycles. The van der Waals surface area contributed by atoms with Crippen molar-refractivity contribution in [2.75, 3.05) is 0 Å². The number of aromatic amines is 2. The second-order valence-electron chi connectivity index (χ2n) is 9.38. The van der Waals surface area contributed by atoms with Crippen molar-refractivity contribution >= 4 is 29.6 Å². The molecule has 3 rings (SSSR count). The smallest absolute Gasteiger partial charge is 0.326 e. The summed E-state index contributed by atoms with van der Waals surface area (Å²) in [5, 5.41) is 17.1. The Morgan fingerprint density at radius 1 is 0.780 bits per heavy atom. The number of carbonyl (C=O) groups is 5. The SMILES string of the molecule is NC(=O)CCC(NC(=O)C(Cc1cnc[nH]1)NC(=O)C(Cc1cnc[nH]1)NC(=O)C(N)Cc1ccccc1)C(=O)O. The molecular formula is C26H33N9O6. The summed E-state index contributed by atoms with van der Waals surface area (Å²) in [6, 6.07) is 4.33. The third-order valence-corrected chi connectivity index (χ3v) is 6.15. The summed E-state index contributed by atoms with van der Waals surface area (Å²) in [5.74, 6) is -4.22. The lowest BCUT2D eigenvalue weighted by atomic mass is 10.0. The van der Waals surface area contributed by atoms with Gasteiger partial charge >= 0.3 is 5.97 Å². The fourth-order valence-corrected chi connectivity index (χ4v) is 3.98. The minimum absolute atomic E-state index is 0.00435. The molecule has 10 N–H and O–H groups in total. The van der Waals surface area contributed by atoms with Crippen molar-refractivity contribution in [1.82, 2.24) is 35.9 Å². The van der Waals surface area contributed by atoms with E-state index in [-0.39, 0.29) is 32.1 Å². The topological polar surface area (TPSA) is 251 Å². The molecular weight excluding hydrogens is 534 g/mol. The number of carboxylic acid groups (broad SMARTS) is 1. The molecule has 3 aromatic rings. The number of imidazole rings is 2. The van der Waals surface area contributed by atoms with Crippen LogP contribution in [0.3, 0.4) is 0 Å². The van der Waals surface area contributed by atoms with Gasteiger partial charge in [0.25, 0.3) is 0 Å². The molecule has 15 heteroatoms. The summed E-state index contributed by atoms with van der Waals surface area (Å²) >= 11 is 0. The molecule has 4 amide bonds. The van der Waals surface area contributed by atoms with Crippen LogP contribution < -0.4 is 27.4 Å². The monoisotopic (exact) mass is 567 g/mol. The average Bonchev–Trinajstić information content (AvgIpc) is 3.65. The van der Waals surface area contributed by atoms with E-state index >= 15 is 0 Å². The van der Waals surface area contributed by atoms with E-state index in [2.05, 4.69) is 35.9 Å². The zero-order valence-corrected chi connectivity index (χ0v) is 22.1. The second-order valence-corrected chi connectivity index (χ2v) is 9.38. The number of hydrogen-bond acceptors (Lipinski definition) is 8. The maximum atomic E-state index is 13.5. The van der Waals surface area contributed by atoms with Crippen LogP contribution in [0.25, 0.3) is 0 Å². The molecule has 0 saturated carbocycles. The molecule has 0 aliphatic heterocycles. The van der Waals surface area contributed by atoms with E-state index in [1.54, 1.807) is 0 Å². The Hall–Kier alpha value is -5.05. The average molecular weight is 568 g/mol. The van der Waals surface area contributed by atoms with Crippen LogP contribution in [0.5, 0.6) is 0 Å². The summed E-state index contributed by atoms with van der Waals surface area (Å²) in [6.45, 7) is 0. The van der Waals surface area contributed by atoms with Crippen molar-refractivity contribution < 1.29 is 29.1 Å². The number of hydrogen-bond donors (Lipinski definition) is 8. The number of nitrogens with zero attached hydrogens (tertiary/aromatic N) is 2.